The number of nitrogens with one attached hydrogen (secondary N) is 1. The lowest BCUT2D eigenvalue weighted by Crippen LogP contribution is -2.46. The summed E-state index contributed by atoms with van der Waals surface area (Å²) in [6, 6.07) is 10.6. The Morgan fingerprint density at radius 2 is 1.75 bits per heavy atom. The van der Waals surface area contributed by atoms with E-state index in [-0.39, 0.29) is 5.91 Å². The number of halogens is 1. The molecular formula is C23H28ClN3O4S. The Kier molecular flexibility index (Phi) is 7.46. The Morgan fingerprint density at radius 1 is 1.09 bits per heavy atom. The molecule has 1 aliphatic heterocycles. The molecule has 1 atom stereocenters. The topological polar surface area (TPSA) is 86.8 Å². The molecule has 2 aromatic rings. The van der Waals surface area contributed by atoms with Crippen LogP contribution in [0.3, 0.4) is 0 Å². The molecule has 3 rings (SSSR count). The largest absolute Gasteiger partial charge is 0.339 e. The summed E-state index contributed by atoms with van der Waals surface area (Å²) in [5, 5.41) is 3.13. The summed E-state index contributed by atoms with van der Waals surface area (Å²) in [5.74, 6) is -0.687. The maximum atomic E-state index is 13.1. The number of nitrogens with zero attached hydrogens (tertiary/aromatic N) is 2. The van der Waals surface area contributed by atoms with Crippen LogP contribution < -0.4 is 9.62 Å². The Bertz CT molecular complexity index is 1110. The van der Waals surface area contributed by atoms with Crippen molar-refractivity contribution in [2.24, 2.45) is 0 Å². The second-order valence-corrected chi connectivity index (χ2v) is 10.3. The summed E-state index contributed by atoms with van der Waals surface area (Å²) < 4.78 is 26.3. The van der Waals surface area contributed by atoms with Crippen molar-refractivity contribution in [3.8, 4) is 0 Å². The lowest BCUT2D eigenvalue weighted by Gasteiger charge is -2.30. The summed E-state index contributed by atoms with van der Waals surface area (Å²) >= 11 is 6.09. The van der Waals surface area contributed by atoms with E-state index in [1.165, 1.54) is 13.0 Å². The highest BCUT2D eigenvalue weighted by molar-refractivity contribution is 7.92. The van der Waals surface area contributed by atoms with Gasteiger partial charge in [-0.25, -0.2) is 8.42 Å². The third-order valence-electron chi connectivity index (χ3n) is 5.56. The number of anilines is 2. The normalized spacial score (nSPS) is 15.2. The molecule has 0 unspecified atom stereocenters. The first-order chi connectivity index (χ1) is 15.1. The maximum absolute atomic E-state index is 13.1. The Morgan fingerprint density at radius 3 is 2.41 bits per heavy atom. The average molecular weight is 478 g/mol. The van der Waals surface area contributed by atoms with Gasteiger partial charge in [0.25, 0.3) is 5.91 Å². The smallest absolute Gasteiger partial charge is 0.255 e. The highest BCUT2D eigenvalue weighted by atomic mass is 35.5. The molecule has 1 aliphatic rings. The summed E-state index contributed by atoms with van der Waals surface area (Å²) in [6.07, 6.45) is 4.06. The number of piperidine rings is 1. The monoisotopic (exact) mass is 477 g/mol. The summed E-state index contributed by atoms with van der Waals surface area (Å²) in [6.45, 7) is 4.63. The maximum Gasteiger partial charge on any atom is 0.255 e. The fourth-order valence-corrected chi connectivity index (χ4v) is 5.27. The molecule has 0 bridgehead atoms. The van der Waals surface area contributed by atoms with Crippen molar-refractivity contribution in [2.75, 3.05) is 29.0 Å². The molecule has 0 aliphatic carbocycles. The predicted octanol–water partition coefficient (Wildman–Crippen LogP) is 4.07. The summed E-state index contributed by atoms with van der Waals surface area (Å²) in [7, 11) is -3.80. The van der Waals surface area contributed by atoms with E-state index in [4.69, 9.17) is 11.6 Å². The van der Waals surface area contributed by atoms with Crippen LogP contribution in [-0.2, 0) is 14.8 Å². The first-order valence-corrected chi connectivity index (χ1v) is 12.8. The number of hydrogen-bond donors (Lipinski definition) is 1. The zero-order valence-electron chi connectivity index (χ0n) is 18.5. The van der Waals surface area contributed by atoms with Crippen molar-refractivity contribution in [1.29, 1.82) is 0 Å². The minimum absolute atomic E-state index is 0.140. The molecule has 7 nitrogen and oxygen atoms in total. The summed E-state index contributed by atoms with van der Waals surface area (Å²) in [5.41, 5.74) is 1.75. The molecule has 1 saturated heterocycles. The molecule has 1 fully saturated rings. The van der Waals surface area contributed by atoms with Gasteiger partial charge in [-0.2, -0.15) is 0 Å². The lowest BCUT2D eigenvalue weighted by atomic mass is 10.1. The van der Waals surface area contributed by atoms with Crippen LogP contribution in [0.1, 0.15) is 42.1 Å². The van der Waals surface area contributed by atoms with E-state index in [0.717, 1.165) is 29.8 Å². The zero-order chi connectivity index (χ0) is 23.5. The van der Waals surface area contributed by atoms with Crippen LogP contribution in [0, 0.1) is 6.92 Å². The lowest BCUT2D eigenvalue weighted by molar-refractivity contribution is -0.116. The molecule has 1 heterocycles. The highest BCUT2D eigenvalue weighted by Gasteiger charge is 2.31. The minimum atomic E-state index is -3.80. The first-order valence-electron chi connectivity index (χ1n) is 10.5. The number of hydrogen-bond acceptors (Lipinski definition) is 4. The molecule has 0 radical (unpaired) electrons. The number of sulfonamides is 1. The van der Waals surface area contributed by atoms with Gasteiger partial charge in [-0.15, -0.1) is 0 Å². The van der Waals surface area contributed by atoms with Gasteiger partial charge in [-0.3, -0.25) is 13.9 Å². The molecule has 172 valence electrons. The van der Waals surface area contributed by atoms with Crippen LogP contribution in [0.15, 0.2) is 42.5 Å². The molecule has 0 saturated carbocycles. The van der Waals surface area contributed by atoms with Crippen molar-refractivity contribution in [2.45, 2.75) is 39.2 Å². The van der Waals surface area contributed by atoms with Gasteiger partial charge in [-0.1, -0.05) is 29.8 Å². The number of benzene rings is 2. The number of carbonyl (C=O) groups is 2. The SMILES string of the molecule is Cc1ccc(Cl)cc1N([C@H](C)C(=O)Nc1ccccc1C(=O)N1CCCCC1)S(C)(=O)=O. The van der Waals surface area contributed by atoms with Crippen LogP contribution in [0.4, 0.5) is 11.4 Å². The zero-order valence-corrected chi connectivity index (χ0v) is 20.0. The third-order valence-corrected chi connectivity index (χ3v) is 7.02. The fraction of sp³-hybridized carbons (Fsp3) is 0.391. The van der Waals surface area contributed by atoms with Gasteiger partial charge in [0.05, 0.1) is 23.2 Å². The van der Waals surface area contributed by atoms with E-state index in [9.17, 15) is 18.0 Å². The van der Waals surface area contributed by atoms with Crippen molar-refractivity contribution in [3.05, 3.63) is 58.6 Å². The number of carbonyl (C=O) groups excluding carboxylic acids is 2. The van der Waals surface area contributed by atoms with E-state index < -0.39 is 22.0 Å². The molecule has 2 amide bonds. The standard InChI is InChI=1S/C23H28ClN3O4S/c1-16-11-12-18(24)15-21(16)27(32(3,30)31)17(2)22(28)25-20-10-6-5-9-19(20)23(29)26-13-7-4-8-14-26/h5-6,9-12,15,17H,4,7-8,13-14H2,1-3H3,(H,25,28)/t17-/m1/s1. The number of aryl methyl sites for hydroxylation is 1. The quantitative estimate of drug-likeness (QED) is 0.679. The van der Waals surface area contributed by atoms with E-state index >= 15 is 0 Å². The fourth-order valence-electron chi connectivity index (χ4n) is 3.88. The Hall–Kier alpha value is -2.58. The van der Waals surface area contributed by atoms with E-state index in [0.29, 0.717) is 40.6 Å². The van der Waals surface area contributed by atoms with Gasteiger partial charge in [-0.05, 0) is 62.9 Å². The van der Waals surface area contributed by atoms with Crippen molar-refractivity contribution >= 4 is 44.8 Å². The average Bonchev–Trinajstić information content (AvgIpc) is 2.75. The molecule has 2 aromatic carbocycles. The molecular weight excluding hydrogens is 450 g/mol. The van der Waals surface area contributed by atoms with Gasteiger partial charge in [0.1, 0.15) is 6.04 Å². The predicted molar refractivity (Wildman–Crippen MR) is 128 cm³/mol. The van der Waals surface area contributed by atoms with Gasteiger partial charge >= 0.3 is 0 Å². The van der Waals surface area contributed by atoms with Crippen LogP contribution in [0.25, 0.3) is 0 Å². The number of para-hydroxylation sites is 1. The van der Waals surface area contributed by atoms with Crippen LogP contribution in [0.5, 0.6) is 0 Å². The Balaban J connectivity index is 1.89. The molecule has 0 aromatic heterocycles. The molecule has 1 N–H and O–H groups in total. The molecule has 9 heteroatoms. The van der Waals surface area contributed by atoms with Gasteiger partial charge in [0.2, 0.25) is 15.9 Å². The number of rotatable bonds is 6. The van der Waals surface area contributed by atoms with Crippen LogP contribution in [-0.4, -0.2) is 50.5 Å². The Labute approximate surface area is 194 Å². The van der Waals surface area contributed by atoms with E-state index in [1.807, 2.05) is 0 Å². The van der Waals surface area contributed by atoms with Crippen molar-refractivity contribution in [1.82, 2.24) is 4.90 Å². The number of amides is 2. The third kappa shape index (κ3) is 5.42. The molecule has 0 spiro atoms. The van der Waals surface area contributed by atoms with Gasteiger partial charge in [0, 0.05) is 18.1 Å². The van der Waals surface area contributed by atoms with E-state index in [2.05, 4.69) is 5.32 Å². The van der Waals surface area contributed by atoms with Gasteiger partial charge < -0.3 is 10.2 Å². The van der Waals surface area contributed by atoms with Crippen LogP contribution >= 0.6 is 11.6 Å². The van der Waals surface area contributed by atoms with Crippen molar-refractivity contribution < 1.29 is 18.0 Å². The van der Waals surface area contributed by atoms with E-state index in [1.54, 1.807) is 48.2 Å². The minimum Gasteiger partial charge on any atom is -0.339 e. The van der Waals surface area contributed by atoms with Crippen LogP contribution in [0.2, 0.25) is 5.02 Å². The second kappa shape index (κ2) is 9.92. The highest BCUT2D eigenvalue weighted by Crippen LogP contribution is 2.29. The van der Waals surface area contributed by atoms with Crippen molar-refractivity contribution in [3.63, 3.8) is 0 Å². The second-order valence-electron chi connectivity index (χ2n) is 8.05. The number of likely N-dealkylation sites (tertiary alicyclic amines) is 1. The molecule has 32 heavy (non-hydrogen) atoms. The van der Waals surface area contributed by atoms with Gasteiger partial charge in [0.15, 0.2) is 0 Å². The summed E-state index contributed by atoms with van der Waals surface area (Å²) in [4.78, 5) is 28.0. The first kappa shape index (κ1) is 24.1.